The number of rotatable bonds is 6. The number of benzene rings is 1. The standard InChI is InChI=1S/C11H13NO6S/c1-2-3-11(13)18-10-5-4-8(7-19(16)17)6-9(10)12(14)15/h4-6H,2-3,7H2,1H3,(H,16,17)/p-1. The number of hydrogen-bond donors (Lipinski definition) is 0. The fraction of sp³-hybridized carbons (Fsp3) is 0.364. The van der Waals surface area contributed by atoms with E-state index in [0.717, 1.165) is 6.07 Å². The minimum absolute atomic E-state index is 0.156. The van der Waals surface area contributed by atoms with E-state index in [1.807, 2.05) is 0 Å². The highest BCUT2D eigenvalue weighted by atomic mass is 32.2. The predicted octanol–water partition coefficient (Wildman–Crippen LogP) is 1.68. The van der Waals surface area contributed by atoms with E-state index in [1.54, 1.807) is 6.92 Å². The van der Waals surface area contributed by atoms with E-state index in [9.17, 15) is 23.7 Å². The van der Waals surface area contributed by atoms with Gasteiger partial charge in [-0.3, -0.25) is 19.1 Å². The molecule has 0 saturated heterocycles. The molecule has 0 bridgehead atoms. The molecule has 1 aromatic rings. The fourth-order valence-corrected chi connectivity index (χ4v) is 1.85. The Hall–Kier alpha value is -1.80. The van der Waals surface area contributed by atoms with Gasteiger partial charge < -0.3 is 9.29 Å². The predicted molar refractivity (Wildman–Crippen MR) is 66.3 cm³/mol. The first-order valence-electron chi connectivity index (χ1n) is 5.48. The van der Waals surface area contributed by atoms with Crippen LogP contribution in [-0.2, 0) is 21.6 Å². The van der Waals surface area contributed by atoms with E-state index in [-0.39, 0.29) is 23.5 Å². The zero-order chi connectivity index (χ0) is 14.4. The van der Waals surface area contributed by atoms with E-state index in [0.29, 0.717) is 6.42 Å². The highest BCUT2D eigenvalue weighted by molar-refractivity contribution is 7.78. The SMILES string of the molecule is CCCC(=O)Oc1ccc(CS(=O)[O-])cc1[N+](=O)[O-]. The first-order valence-corrected chi connectivity index (χ1v) is 6.72. The van der Waals surface area contributed by atoms with E-state index in [4.69, 9.17) is 4.74 Å². The lowest BCUT2D eigenvalue weighted by atomic mass is 10.2. The van der Waals surface area contributed by atoms with Gasteiger partial charge >= 0.3 is 11.7 Å². The second kappa shape index (κ2) is 6.95. The van der Waals surface area contributed by atoms with E-state index >= 15 is 0 Å². The number of carbonyl (C=O) groups is 1. The van der Waals surface area contributed by atoms with Crippen LogP contribution in [0, 0.1) is 10.1 Å². The van der Waals surface area contributed by atoms with Gasteiger partial charge in [0.1, 0.15) is 0 Å². The highest BCUT2D eigenvalue weighted by Gasteiger charge is 2.18. The topological polar surface area (TPSA) is 110 Å². The maximum atomic E-state index is 11.3. The van der Waals surface area contributed by atoms with Crippen LogP contribution in [0.5, 0.6) is 5.75 Å². The molecule has 8 heteroatoms. The molecular formula is C11H12NO6S-. The molecule has 7 nitrogen and oxygen atoms in total. The third-order valence-corrected chi connectivity index (χ3v) is 2.75. The Morgan fingerprint density at radius 2 is 2.16 bits per heavy atom. The number of esters is 1. The van der Waals surface area contributed by atoms with Gasteiger partial charge in [-0.2, -0.15) is 0 Å². The number of nitro benzene ring substituents is 1. The maximum Gasteiger partial charge on any atom is 0.311 e. The van der Waals surface area contributed by atoms with Crippen molar-refractivity contribution in [3.05, 3.63) is 33.9 Å². The fourth-order valence-electron chi connectivity index (χ4n) is 1.40. The summed E-state index contributed by atoms with van der Waals surface area (Å²) < 4.78 is 26.0. The number of hydrogen-bond acceptors (Lipinski definition) is 6. The summed E-state index contributed by atoms with van der Waals surface area (Å²) in [7, 11) is 0. The third kappa shape index (κ3) is 4.76. The van der Waals surface area contributed by atoms with Crippen molar-refractivity contribution in [1.82, 2.24) is 0 Å². The second-order valence-electron chi connectivity index (χ2n) is 3.73. The first kappa shape index (κ1) is 15.3. The molecule has 1 rings (SSSR count). The van der Waals surface area contributed by atoms with Crippen molar-refractivity contribution in [1.29, 1.82) is 0 Å². The highest BCUT2D eigenvalue weighted by Crippen LogP contribution is 2.28. The molecule has 0 spiro atoms. The molecule has 0 aliphatic heterocycles. The van der Waals surface area contributed by atoms with Gasteiger partial charge in [-0.15, -0.1) is 0 Å². The smallest absolute Gasteiger partial charge is 0.311 e. The molecule has 0 aliphatic rings. The Morgan fingerprint density at radius 3 is 2.68 bits per heavy atom. The average molecular weight is 286 g/mol. The number of ether oxygens (including phenoxy) is 1. The van der Waals surface area contributed by atoms with Crippen molar-refractivity contribution in [2.24, 2.45) is 0 Å². The van der Waals surface area contributed by atoms with E-state index in [1.165, 1.54) is 12.1 Å². The molecule has 0 aliphatic carbocycles. The van der Waals surface area contributed by atoms with Crippen molar-refractivity contribution >= 4 is 22.7 Å². The largest absolute Gasteiger partial charge is 0.772 e. The van der Waals surface area contributed by atoms with Crippen LogP contribution in [0.15, 0.2) is 18.2 Å². The van der Waals surface area contributed by atoms with Crippen LogP contribution in [-0.4, -0.2) is 19.7 Å². The van der Waals surface area contributed by atoms with Gasteiger partial charge in [-0.25, -0.2) is 0 Å². The Balaban J connectivity index is 3.01. The van der Waals surface area contributed by atoms with Gasteiger partial charge in [0.15, 0.2) is 0 Å². The summed E-state index contributed by atoms with van der Waals surface area (Å²) in [5, 5.41) is 10.9. The summed E-state index contributed by atoms with van der Waals surface area (Å²) in [6, 6.07) is 3.69. The quantitative estimate of drug-likeness (QED) is 0.259. The Labute approximate surface area is 112 Å². The van der Waals surface area contributed by atoms with Crippen molar-refractivity contribution < 1.29 is 23.2 Å². The summed E-state index contributed by atoms with van der Waals surface area (Å²) in [4.78, 5) is 21.4. The van der Waals surface area contributed by atoms with Gasteiger partial charge in [-0.05, 0) is 18.1 Å². The molecule has 1 aromatic carbocycles. The van der Waals surface area contributed by atoms with Crippen molar-refractivity contribution in [2.75, 3.05) is 0 Å². The first-order chi connectivity index (χ1) is 8.93. The summed E-state index contributed by atoms with van der Waals surface area (Å²) >= 11 is -2.34. The van der Waals surface area contributed by atoms with E-state index < -0.39 is 27.7 Å². The molecule has 0 aromatic heterocycles. The van der Waals surface area contributed by atoms with Gasteiger partial charge in [0.25, 0.3) is 0 Å². The minimum Gasteiger partial charge on any atom is -0.772 e. The van der Waals surface area contributed by atoms with Crippen LogP contribution >= 0.6 is 0 Å². The van der Waals surface area contributed by atoms with Gasteiger partial charge in [0.2, 0.25) is 5.75 Å². The molecule has 19 heavy (non-hydrogen) atoms. The summed E-state index contributed by atoms with van der Waals surface area (Å²) in [6.07, 6.45) is 0.726. The molecule has 0 saturated carbocycles. The summed E-state index contributed by atoms with van der Waals surface area (Å²) in [5.41, 5.74) is -0.164. The van der Waals surface area contributed by atoms with E-state index in [2.05, 4.69) is 0 Å². The van der Waals surface area contributed by atoms with Crippen molar-refractivity contribution in [3.8, 4) is 5.75 Å². The summed E-state index contributed by atoms with van der Waals surface area (Å²) in [5.74, 6) is -1.07. The molecule has 0 N–H and O–H groups in total. The zero-order valence-corrected chi connectivity index (χ0v) is 11.0. The zero-order valence-electron chi connectivity index (χ0n) is 10.2. The molecule has 0 heterocycles. The van der Waals surface area contributed by atoms with Gasteiger partial charge in [0, 0.05) is 18.2 Å². The number of carbonyl (C=O) groups excluding carboxylic acids is 1. The average Bonchev–Trinajstić information content (AvgIpc) is 2.30. The van der Waals surface area contributed by atoms with Crippen molar-refractivity contribution in [2.45, 2.75) is 25.5 Å². The second-order valence-corrected chi connectivity index (χ2v) is 4.63. The maximum absolute atomic E-state index is 11.3. The molecule has 0 amide bonds. The molecular weight excluding hydrogens is 274 g/mol. The van der Waals surface area contributed by atoms with Crippen LogP contribution in [0.2, 0.25) is 0 Å². The third-order valence-electron chi connectivity index (χ3n) is 2.18. The lowest BCUT2D eigenvalue weighted by Crippen LogP contribution is -2.08. The summed E-state index contributed by atoms with van der Waals surface area (Å²) in [6.45, 7) is 1.78. The normalized spacial score (nSPS) is 11.9. The van der Waals surface area contributed by atoms with Crippen LogP contribution < -0.4 is 4.74 Å². The molecule has 104 valence electrons. The molecule has 0 radical (unpaired) electrons. The molecule has 1 atom stereocenters. The number of nitro groups is 1. The Kier molecular flexibility index (Phi) is 5.58. The van der Waals surface area contributed by atoms with Gasteiger partial charge in [-0.1, -0.05) is 24.1 Å². The minimum atomic E-state index is -2.34. The lowest BCUT2D eigenvalue weighted by molar-refractivity contribution is -0.385. The molecule has 0 fully saturated rings. The van der Waals surface area contributed by atoms with Crippen LogP contribution in [0.25, 0.3) is 0 Å². The van der Waals surface area contributed by atoms with Crippen LogP contribution in [0.1, 0.15) is 25.3 Å². The van der Waals surface area contributed by atoms with Crippen molar-refractivity contribution in [3.63, 3.8) is 0 Å². The molecule has 1 unspecified atom stereocenters. The van der Waals surface area contributed by atoms with Gasteiger partial charge in [0.05, 0.1) is 4.92 Å². The number of nitrogens with zero attached hydrogens (tertiary/aromatic N) is 1. The lowest BCUT2D eigenvalue weighted by Gasteiger charge is -2.08. The Bertz CT molecular complexity index is 516. The van der Waals surface area contributed by atoms with Crippen LogP contribution in [0.4, 0.5) is 5.69 Å². The monoisotopic (exact) mass is 286 g/mol. The van der Waals surface area contributed by atoms with Crippen LogP contribution in [0.3, 0.4) is 0 Å². The Morgan fingerprint density at radius 1 is 1.47 bits per heavy atom.